The molecule has 1 fully saturated rings. The summed E-state index contributed by atoms with van der Waals surface area (Å²) in [4.78, 5) is 0. The van der Waals surface area contributed by atoms with Gasteiger partial charge in [-0.15, -0.1) is 0 Å². The predicted molar refractivity (Wildman–Crippen MR) is 60.7 cm³/mol. The van der Waals surface area contributed by atoms with Crippen LogP contribution in [-0.4, -0.2) is 6.04 Å². The fourth-order valence-electron chi connectivity index (χ4n) is 2.63. The van der Waals surface area contributed by atoms with Crippen molar-refractivity contribution in [2.45, 2.75) is 44.3 Å². The lowest BCUT2D eigenvalue weighted by molar-refractivity contribution is -0.138. The molecular formula is C13H16F3N. The number of aryl methyl sites for hydroxylation is 1. The molecule has 0 aromatic heterocycles. The minimum atomic E-state index is -4.30. The lowest BCUT2D eigenvalue weighted by atomic mass is 9.83. The monoisotopic (exact) mass is 243 g/mol. The fraction of sp³-hybridized carbons (Fsp3) is 0.538. The SMILES string of the molecule is Cc1cccc(C(F)(F)F)c1C1(C(C)N)CC1. The van der Waals surface area contributed by atoms with Crippen LogP contribution < -0.4 is 5.73 Å². The summed E-state index contributed by atoms with van der Waals surface area (Å²) < 4.78 is 39.0. The molecule has 0 heterocycles. The van der Waals surface area contributed by atoms with E-state index in [0.717, 1.165) is 18.9 Å². The zero-order valence-electron chi connectivity index (χ0n) is 9.93. The first-order chi connectivity index (χ1) is 7.79. The third-order valence-corrected chi connectivity index (χ3v) is 3.74. The molecule has 1 aromatic rings. The topological polar surface area (TPSA) is 26.0 Å². The van der Waals surface area contributed by atoms with Gasteiger partial charge in [-0.05, 0) is 43.9 Å². The van der Waals surface area contributed by atoms with Crippen LogP contribution in [0.15, 0.2) is 18.2 Å². The van der Waals surface area contributed by atoms with Crippen molar-refractivity contribution < 1.29 is 13.2 Å². The van der Waals surface area contributed by atoms with Crippen molar-refractivity contribution in [2.75, 3.05) is 0 Å². The van der Waals surface area contributed by atoms with Gasteiger partial charge in [-0.1, -0.05) is 12.1 Å². The van der Waals surface area contributed by atoms with Crippen LogP contribution >= 0.6 is 0 Å². The summed E-state index contributed by atoms with van der Waals surface area (Å²) in [6, 6.07) is 4.10. The minimum Gasteiger partial charge on any atom is -0.327 e. The van der Waals surface area contributed by atoms with E-state index in [1.165, 1.54) is 6.07 Å². The zero-order valence-corrected chi connectivity index (χ0v) is 9.93. The first kappa shape index (κ1) is 12.4. The average molecular weight is 243 g/mol. The van der Waals surface area contributed by atoms with Gasteiger partial charge in [0.15, 0.2) is 0 Å². The number of halogens is 3. The van der Waals surface area contributed by atoms with Crippen LogP contribution in [0.5, 0.6) is 0 Å². The summed E-state index contributed by atoms with van der Waals surface area (Å²) in [7, 11) is 0. The standard InChI is InChI=1S/C13H16F3N/c1-8-4-3-5-10(13(14,15)16)11(8)12(6-7-12)9(2)17/h3-5,9H,6-7,17H2,1-2H3. The van der Waals surface area contributed by atoms with Crippen LogP contribution in [0.1, 0.15) is 36.5 Å². The van der Waals surface area contributed by atoms with Crippen LogP contribution in [-0.2, 0) is 11.6 Å². The summed E-state index contributed by atoms with van der Waals surface area (Å²) in [5.74, 6) is 0. The lowest BCUT2D eigenvalue weighted by Gasteiger charge is -2.26. The summed E-state index contributed by atoms with van der Waals surface area (Å²) in [6.45, 7) is 3.52. The molecule has 1 unspecified atom stereocenters. The molecule has 1 saturated carbocycles. The van der Waals surface area contributed by atoms with Crippen LogP contribution in [0.3, 0.4) is 0 Å². The van der Waals surface area contributed by atoms with Gasteiger partial charge in [-0.2, -0.15) is 13.2 Å². The molecule has 1 aliphatic rings. The van der Waals surface area contributed by atoms with E-state index < -0.39 is 17.2 Å². The molecule has 0 amide bonds. The number of hydrogen-bond acceptors (Lipinski definition) is 1. The van der Waals surface area contributed by atoms with Crippen LogP contribution in [0.25, 0.3) is 0 Å². The number of alkyl halides is 3. The summed E-state index contributed by atoms with van der Waals surface area (Å²) in [5.41, 5.74) is 5.99. The highest BCUT2D eigenvalue weighted by atomic mass is 19.4. The maximum absolute atomic E-state index is 13.0. The Morgan fingerprint density at radius 1 is 1.29 bits per heavy atom. The predicted octanol–water partition coefficient (Wildman–Crippen LogP) is 3.39. The molecule has 0 saturated heterocycles. The van der Waals surface area contributed by atoms with Crippen molar-refractivity contribution in [3.8, 4) is 0 Å². The second-order valence-electron chi connectivity index (χ2n) is 4.94. The van der Waals surface area contributed by atoms with Gasteiger partial charge in [0.1, 0.15) is 0 Å². The number of nitrogens with two attached hydrogens (primary N) is 1. The molecule has 4 heteroatoms. The van der Waals surface area contributed by atoms with Crippen molar-refractivity contribution in [1.29, 1.82) is 0 Å². The van der Waals surface area contributed by atoms with E-state index in [4.69, 9.17) is 5.73 Å². The molecule has 1 aliphatic carbocycles. The maximum atomic E-state index is 13.0. The molecule has 1 atom stereocenters. The van der Waals surface area contributed by atoms with Gasteiger partial charge in [0, 0.05) is 11.5 Å². The first-order valence-corrected chi connectivity index (χ1v) is 5.72. The molecule has 2 rings (SSSR count). The highest BCUT2D eigenvalue weighted by Crippen LogP contribution is 2.54. The van der Waals surface area contributed by atoms with E-state index in [0.29, 0.717) is 11.1 Å². The van der Waals surface area contributed by atoms with Gasteiger partial charge in [0.2, 0.25) is 0 Å². The van der Waals surface area contributed by atoms with E-state index in [1.54, 1.807) is 19.9 Å². The van der Waals surface area contributed by atoms with Gasteiger partial charge >= 0.3 is 6.18 Å². The first-order valence-electron chi connectivity index (χ1n) is 5.72. The van der Waals surface area contributed by atoms with E-state index in [1.807, 2.05) is 0 Å². The third kappa shape index (κ3) is 1.95. The van der Waals surface area contributed by atoms with Crippen molar-refractivity contribution in [1.82, 2.24) is 0 Å². The molecule has 0 radical (unpaired) electrons. The number of rotatable bonds is 2. The molecule has 0 aliphatic heterocycles. The molecule has 17 heavy (non-hydrogen) atoms. The molecule has 1 nitrogen and oxygen atoms in total. The molecule has 94 valence electrons. The van der Waals surface area contributed by atoms with Gasteiger partial charge in [0.05, 0.1) is 5.56 Å². The summed E-state index contributed by atoms with van der Waals surface area (Å²) in [5, 5.41) is 0. The highest BCUT2D eigenvalue weighted by molar-refractivity contribution is 5.46. The second-order valence-corrected chi connectivity index (χ2v) is 4.94. The largest absolute Gasteiger partial charge is 0.416 e. The smallest absolute Gasteiger partial charge is 0.327 e. The van der Waals surface area contributed by atoms with Crippen molar-refractivity contribution in [2.24, 2.45) is 5.73 Å². The Morgan fingerprint density at radius 2 is 1.88 bits per heavy atom. The van der Waals surface area contributed by atoms with Crippen LogP contribution in [0.2, 0.25) is 0 Å². The van der Waals surface area contributed by atoms with E-state index in [-0.39, 0.29) is 6.04 Å². The summed E-state index contributed by atoms with van der Waals surface area (Å²) in [6.07, 6.45) is -2.80. The van der Waals surface area contributed by atoms with E-state index in [2.05, 4.69) is 0 Å². The highest BCUT2D eigenvalue weighted by Gasteiger charge is 2.52. The lowest BCUT2D eigenvalue weighted by Crippen LogP contribution is -2.34. The van der Waals surface area contributed by atoms with E-state index >= 15 is 0 Å². The molecule has 0 bridgehead atoms. The van der Waals surface area contributed by atoms with Crippen molar-refractivity contribution in [3.05, 3.63) is 34.9 Å². The Morgan fingerprint density at radius 3 is 2.29 bits per heavy atom. The second kappa shape index (κ2) is 3.73. The van der Waals surface area contributed by atoms with Crippen LogP contribution in [0, 0.1) is 6.92 Å². The molecule has 0 spiro atoms. The number of hydrogen-bond donors (Lipinski definition) is 1. The minimum absolute atomic E-state index is 0.246. The zero-order chi connectivity index (χ0) is 12.8. The Kier molecular flexibility index (Phi) is 2.73. The van der Waals surface area contributed by atoms with Gasteiger partial charge in [0.25, 0.3) is 0 Å². The van der Waals surface area contributed by atoms with E-state index in [9.17, 15) is 13.2 Å². The van der Waals surface area contributed by atoms with Gasteiger partial charge < -0.3 is 5.73 Å². The van der Waals surface area contributed by atoms with Crippen LogP contribution in [0.4, 0.5) is 13.2 Å². The summed E-state index contributed by atoms with van der Waals surface area (Å²) >= 11 is 0. The van der Waals surface area contributed by atoms with Crippen molar-refractivity contribution >= 4 is 0 Å². The molecule has 1 aromatic carbocycles. The normalized spacial score (nSPS) is 20.1. The third-order valence-electron chi connectivity index (χ3n) is 3.74. The Labute approximate surface area is 98.8 Å². The van der Waals surface area contributed by atoms with Gasteiger partial charge in [-0.25, -0.2) is 0 Å². The number of benzene rings is 1. The fourth-order valence-corrected chi connectivity index (χ4v) is 2.63. The molecular weight excluding hydrogens is 227 g/mol. The Balaban J connectivity index is 2.61. The Bertz CT molecular complexity index is 431. The average Bonchev–Trinajstić information content (AvgIpc) is 2.96. The van der Waals surface area contributed by atoms with Crippen molar-refractivity contribution in [3.63, 3.8) is 0 Å². The van der Waals surface area contributed by atoms with Gasteiger partial charge in [-0.3, -0.25) is 0 Å². The Hall–Kier alpha value is -1.03. The molecule has 2 N–H and O–H groups in total. The maximum Gasteiger partial charge on any atom is 0.416 e. The quantitative estimate of drug-likeness (QED) is 0.846.